The zero-order valence-electron chi connectivity index (χ0n) is 13.9. The average Bonchev–Trinajstić information content (AvgIpc) is 3.17. The highest BCUT2D eigenvalue weighted by Crippen LogP contribution is 2.24. The van der Waals surface area contributed by atoms with Crippen molar-refractivity contribution in [1.29, 1.82) is 0 Å². The summed E-state index contributed by atoms with van der Waals surface area (Å²) in [6.45, 7) is 1.77. The van der Waals surface area contributed by atoms with Gasteiger partial charge in [-0.25, -0.2) is 9.59 Å². The third-order valence-electron chi connectivity index (χ3n) is 3.46. The van der Waals surface area contributed by atoms with E-state index in [9.17, 15) is 9.59 Å². The number of hydrogen-bond donors (Lipinski definition) is 3. The lowest BCUT2D eigenvalue weighted by molar-refractivity contribution is -0.134. The van der Waals surface area contributed by atoms with Gasteiger partial charge in [0.1, 0.15) is 5.84 Å². The molecule has 134 valence electrons. The molecule has 0 amide bonds. The first kappa shape index (κ1) is 18.9. The van der Waals surface area contributed by atoms with Crippen LogP contribution in [0.5, 0.6) is 0 Å². The number of nitrogens with one attached hydrogen (secondary N) is 1. The van der Waals surface area contributed by atoms with Crippen LogP contribution in [0.4, 0.5) is 0 Å². The second kappa shape index (κ2) is 9.73. The monoisotopic (exact) mass is 353 g/mol. The number of rotatable bonds is 5. The summed E-state index contributed by atoms with van der Waals surface area (Å²) in [6, 6.07) is 16.4. The minimum atomic E-state index is -1.26. The second-order valence-corrected chi connectivity index (χ2v) is 5.30. The van der Waals surface area contributed by atoms with Gasteiger partial charge in [-0.15, -0.1) is 0 Å². The van der Waals surface area contributed by atoms with Crippen LogP contribution in [0.25, 0.3) is 0 Å². The molecule has 1 unspecified atom stereocenters. The lowest BCUT2D eigenvalue weighted by Gasteiger charge is -2.17. The molecule has 1 aliphatic rings. The predicted octanol–water partition coefficient (Wildman–Crippen LogP) is 1.93. The first-order valence-electron chi connectivity index (χ1n) is 7.96. The average molecular weight is 353 g/mol. The van der Waals surface area contributed by atoms with Gasteiger partial charge in [0.15, 0.2) is 0 Å². The minimum Gasteiger partial charge on any atom is -0.478 e. The van der Waals surface area contributed by atoms with E-state index in [0.717, 1.165) is 24.6 Å². The van der Waals surface area contributed by atoms with Crippen molar-refractivity contribution in [2.45, 2.75) is 5.92 Å². The molecule has 0 bridgehead atoms. The number of nitrogens with zero attached hydrogens (tertiary/aromatic N) is 2. The lowest BCUT2D eigenvalue weighted by Crippen LogP contribution is -2.27. The van der Waals surface area contributed by atoms with Gasteiger partial charge < -0.3 is 15.5 Å². The molecule has 0 saturated carbocycles. The Kier molecular flexibility index (Phi) is 7.05. The molecule has 1 atom stereocenters. The van der Waals surface area contributed by atoms with Gasteiger partial charge in [0.25, 0.3) is 0 Å². The fourth-order valence-electron chi connectivity index (χ4n) is 2.41. The quantitative estimate of drug-likeness (QED) is 0.708. The summed E-state index contributed by atoms with van der Waals surface area (Å²) in [6.07, 6.45) is 2.95. The Morgan fingerprint density at radius 1 is 1.00 bits per heavy atom. The van der Waals surface area contributed by atoms with Crippen LogP contribution in [0.1, 0.15) is 17.2 Å². The second-order valence-electron chi connectivity index (χ2n) is 5.30. The Morgan fingerprint density at radius 2 is 1.65 bits per heavy atom. The van der Waals surface area contributed by atoms with E-state index in [1.165, 1.54) is 5.56 Å². The third kappa shape index (κ3) is 5.86. The van der Waals surface area contributed by atoms with Gasteiger partial charge in [-0.2, -0.15) is 0 Å². The summed E-state index contributed by atoms with van der Waals surface area (Å²) < 4.78 is 0. The number of aliphatic carboxylic acids is 2. The fourth-order valence-corrected chi connectivity index (χ4v) is 2.41. The van der Waals surface area contributed by atoms with Crippen LogP contribution < -0.4 is 5.32 Å². The van der Waals surface area contributed by atoms with Crippen LogP contribution in [0.3, 0.4) is 0 Å². The summed E-state index contributed by atoms with van der Waals surface area (Å²) in [7, 11) is 0. The number of aromatic nitrogens is 1. The molecule has 2 aromatic rings. The summed E-state index contributed by atoms with van der Waals surface area (Å²) in [5.41, 5.74) is 2.27. The van der Waals surface area contributed by atoms with E-state index in [1.807, 2.05) is 24.4 Å². The fraction of sp³-hybridized carbons (Fsp3) is 0.158. The number of carboxylic acid groups (broad SMARTS) is 2. The van der Waals surface area contributed by atoms with E-state index >= 15 is 0 Å². The zero-order chi connectivity index (χ0) is 18.8. The van der Waals surface area contributed by atoms with Crippen molar-refractivity contribution < 1.29 is 19.8 Å². The van der Waals surface area contributed by atoms with Crippen LogP contribution in [0.2, 0.25) is 0 Å². The molecule has 3 rings (SSSR count). The molecule has 0 spiro atoms. The normalized spacial score (nSPS) is 13.9. The largest absolute Gasteiger partial charge is 0.478 e. The van der Waals surface area contributed by atoms with Crippen molar-refractivity contribution in [3.8, 4) is 0 Å². The molecule has 1 aromatic carbocycles. The first-order valence-corrected chi connectivity index (χ1v) is 7.96. The number of amidine groups is 1. The molecule has 0 radical (unpaired) electrons. The van der Waals surface area contributed by atoms with E-state index in [2.05, 4.69) is 45.6 Å². The van der Waals surface area contributed by atoms with E-state index in [4.69, 9.17) is 10.2 Å². The number of hydrogen-bond acceptors (Lipinski definition) is 5. The lowest BCUT2D eigenvalue weighted by atomic mass is 9.94. The molecule has 1 aliphatic heterocycles. The SMILES string of the molecule is O=C(O)/C=C\C(=O)O.c1ccc(C(C2=NCCN2)c2ccccn2)cc1. The standard InChI is InChI=1S/C15H15N3.C4H4O4/c1-2-6-12(7-3-1)14(15-17-10-11-18-15)13-8-4-5-9-16-13;5-3(6)1-2-4(7)8/h1-9,14H,10-11H2,(H,17,18);1-2H,(H,5,6)(H,7,8)/b;2-1-. The molecule has 3 N–H and O–H groups in total. The molecular weight excluding hydrogens is 334 g/mol. The molecule has 2 heterocycles. The van der Waals surface area contributed by atoms with Crippen LogP contribution in [-0.4, -0.2) is 46.1 Å². The molecule has 7 heteroatoms. The number of benzene rings is 1. The summed E-state index contributed by atoms with van der Waals surface area (Å²) in [4.78, 5) is 28.1. The maximum Gasteiger partial charge on any atom is 0.328 e. The highest BCUT2D eigenvalue weighted by molar-refractivity contribution is 5.92. The van der Waals surface area contributed by atoms with Gasteiger partial charge in [-0.1, -0.05) is 36.4 Å². The molecule has 0 saturated heterocycles. The van der Waals surface area contributed by atoms with E-state index in [0.29, 0.717) is 12.2 Å². The van der Waals surface area contributed by atoms with Gasteiger partial charge in [0.2, 0.25) is 0 Å². The Hall–Kier alpha value is -3.48. The van der Waals surface area contributed by atoms with Crippen LogP contribution in [0, 0.1) is 0 Å². The Balaban J connectivity index is 0.000000260. The number of aliphatic imine (C=N–C) groups is 1. The van der Waals surface area contributed by atoms with Gasteiger partial charge in [0, 0.05) is 24.9 Å². The Morgan fingerprint density at radius 3 is 2.15 bits per heavy atom. The highest BCUT2D eigenvalue weighted by Gasteiger charge is 2.23. The van der Waals surface area contributed by atoms with Gasteiger partial charge in [-0.3, -0.25) is 9.98 Å². The van der Waals surface area contributed by atoms with Crippen LogP contribution in [-0.2, 0) is 9.59 Å². The van der Waals surface area contributed by atoms with Gasteiger partial charge in [-0.05, 0) is 17.7 Å². The number of carbonyl (C=O) groups is 2. The van der Waals surface area contributed by atoms with Gasteiger partial charge in [0.05, 0.1) is 18.2 Å². The van der Waals surface area contributed by atoms with E-state index < -0.39 is 11.9 Å². The smallest absolute Gasteiger partial charge is 0.328 e. The van der Waals surface area contributed by atoms with E-state index in [1.54, 1.807) is 0 Å². The third-order valence-corrected chi connectivity index (χ3v) is 3.46. The topological polar surface area (TPSA) is 112 Å². The van der Waals surface area contributed by atoms with Crippen molar-refractivity contribution >= 4 is 17.8 Å². The molecule has 0 fully saturated rings. The summed E-state index contributed by atoms with van der Waals surface area (Å²) in [5, 5.41) is 19.0. The predicted molar refractivity (Wildman–Crippen MR) is 97.2 cm³/mol. The molecule has 7 nitrogen and oxygen atoms in total. The highest BCUT2D eigenvalue weighted by atomic mass is 16.4. The minimum absolute atomic E-state index is 0.120. The maximum absolute atomic E-state index is 9.55. The Labute approximate surface area is 150 Å². The van der Waals surface area contributed by atoms with Crippen molar-refractivity contribution in [1.82, 2.24) is 10.3 Å². The van der Waals surface area contributed by atoms with Gasteiger partial charge >= 0.3 is 11.9 Å². The maximum atomic E-state index is 9.55. The molecule has 26 heavy (non-hydrogen) atoms. The van der Waals surface area contributed by atoms with Crippen molar-refractivity contribution in [3.05, 3.63) is 78.1 Å². The van der Waals surface area contributed by atoms with Crippen molar-refractivity contribution in [2.24, 2.45) is 4.99 Å². The van der Waals surface area contributed by atoms with E-state index in [-0.39, 0.29) is 5.92 Å². The Bertz CT molecular complexity index is 733. The zero-order valence-corrected chi connectivity index (χ0v) is 13.9. The molecule has 1 aromatic heterocycles. The number of carboxylic acids is 2. The number of pyridine rings is 1. The van der Waals surface area contributed by atoms with Crippen LogP contribution in [0.15, 0.2) is 71.9 Å². The summed E-state index contributed by atoms with van der Waals surface area (Å²) >= 11 is 0. The molecular formula is C19H19N3O4. The van der Waals surface area contributed by atoms with Crippen molar-refractivity contribution in [2.75, 3.05) is 13.1 Å². The summed E-state index contributed by atoms with van der Waals surface area (Å²) in [5.74, 6) is -1.37. The van der Waals surface area contributed by atoms with Crippen LogP contribution >= 0.6 is 0 Å². The van der Waals surface area contributed by atoms with Crippen molar-refractivity contribution in [3.63, 3.8) is 0 Å². The first-order chi connectivity index (χ1) is 12.6. The molecule has 0 aliphatic carbocycles.